The molecule has 8 heteroatoms. The zero-order valence-electron chi connectivity index (χ0n) is 15.4. The van der Waals surface area contributed by atoms with E-state index in [0.717, 1.165) is 17.8 Å². The molecular formula is C20H18F3N5. The molecule has 1 saturated carbocycles. The molecule has 0 spiro atoms. The van der Waals surface area contributed by atoms with Crippen LogP contribution in [-0.2, 0) is 11.7 Å². The van der Waals surface area contributed by atoms with Gasteiger partial charge in [0.2, 0.25) is 0 Å². The Morgan fingerprint density at radius 3 is 2.50 bits per heavy atom. The number of rotatable bonds is 2. The van der Waals surface area contributed by atoms with Gasteiger partial charge in [0.15, 0.2) is 5.82 Å². The molecule has 0 N–H and O–H groups in total. The molecule has 0 radical (unpaired) electrons. The summed E-state index contributed by atoms with van der Waals surface area (Å²) in [5, 5.41) is 4.03. The Bertz CT molecular complexity index is 1070. The maximum absolute atomic E-state index is 13.5. The SMILES string of the molecule is CCC12C3N4C(=CC=CC4=C4C=CC=CN4[C@@]31CC)c1nc(C(F)(F)F)nn12. The average molecular weight is 385 g/mol. The molecule has 144 valence electrons. The fourth-order valence-corrected chi connectivity index (χ4v) is 6.00. The van der Waals surface area contributed by atoms with Gasteiger partial charge in [-0.05, 0) is 37.1 Å². The lowest BCUT2D eigenvalue weighted by atomic mass is 9.98. The standard InChI is InChI=1S/C20H18F3N5/c1-3-18-16-19(18,4-2)28-15(24-17(25-28)20(21,22)23)14-10-7-9-13(27(14)16)12-8-5-6-11-26(12)18/h5-11,16H,3-4H2,1-2H3/t16?,18-,19?/m0/s1. The monoisotopic (exact) mass is 385 g/mol. The van der Waals surface area contributed by atoms with Gasteiger partial charge in [-0.15, -0.1) is 5.10 Å². The Morgan fingerprint density at radius 1 is 1.04 bits per heavy atom. The van der Waals surface area contributed by atoms with Crippen molar-refractivity contribution < 1.29 is 13.2 Å². The highest BCUT2D eigenvalue weighted by Gasteiger charge is 2.85. The van der Waals surface area contributed by atoms with Crippen molar-refractivity contribution in [3.63, 3.8) is 0 Å². The summed E-state index contributed by atoms with van der Waals surface area (Å²) in [6.45, 7) is 4.14. The lowest BCUT2D eigenvalue weighted by molar-refractivity contribution is -0.145. The zero-order valence-corrected chi connectivity index (χ0v) is 15.4. The van der Waals surface area contributed by atoms with Crippen molar-refractivity contribution in [2.24, 2.45) is 0 Å². The molecule has 0 saturated heterocycles. The van der Waals surface area contributed by atoms with E-state index >= 15 is 0 Å². The van der Waals surface area contributed by atoms with E-state index in [-0.39, 0.29) is 11.6 Å². The summed E-state index contributed by atoms with van der Waals surface area (Å²) in [6.07, 6.45) is 10.7. The number of aromatic nitrogens is 3. The Morgan fingerprint density at radius 2 is 1.79 bits per heavy atom. The quantitative estimate of drug-likeness (QED) is 0.777. The molecule has 0 aromatic carbocycles. The lowest BCUT2D eigenvalue weighted by Gasteiger charge is -2.43. The summed E-state index contributed by atoms with van der Waals surface area (Å²) in [5.74, 6) is -0.764. The second-order valence-corrected chi connectivity index (χ2v) is 7.75. The van der Waals surface area contributed by atoms with E-state index in [2.05, 4.69) is 32.9 Å². The smallest absolute Gasteiger partial charge is 0.335 e. The van der Waals surface area contributed by atoms with Gasteiger partial charge in [0.05, 0.1) is 28.7 Å². The third-order valence-electron chi connectivity index (χ3n) is 6.95. The van der Waals surface area contributed by atoms with Crippen molar-refractivity contribution in [2.75, 3.05) is 0 Å². The van der Waals surface area contributed by atoms with E-state index in [4.69, 9.17) is 0 Å². The van der Waals surface area contributed by atoms with Crippen LogP contribution in [0.15, 0.2) is 54.1 Å². The first-order valence-corrected chi connectivity index (χ1v) is 9.53. The summed E-state index contributed by atoms with van der Waals surface area (Å²) < 4.78 is 42.0. The van der Waals surface area contributed by atoms with Crippen molar-refractivity contribution in [1.82, 2.24) is 24.6 Å². The Hall–Kier alpha value is -2.77. The van der Waals surface area contributed by atoms with Gasteiger partial charge >= 0.3 is 6.18 Å². The fraction of sp³-hybridized carbons (Fsp3) is 0.400. The van der Waals surface area contributed by atoms with E-state index in [1.165, 1.54) is 0 Å². The van der Waals surface area contributed by atoms with Crippen LogP contribution in [0, 0.1) is 0 Å². The molecule has 1 fully saturated rings. The number of allylic oxidation sites excluding steroid dienone is 6. The third-order valence-corrected chi connectivity index (χ3v) is 6.95. The van der Waals surface area contributed by atoms with Crippen LogP contribution in [0.3, 0.4) is 0 Å². The summed E-state index contributed by atoms with van der Waals surface area (Å²) in [4.78, 5) is 8.42. The normalized spacial score (nSPS) is 33.6. The van der Waals surface area contributed by atoms with Gasteiger partial charge in [0.25, 0.3) is 5.82 Å². The van der Waals surface area contributed by atoms with E-state index < -0.39 is 17.5 Å². The maximum atomic E-state index is 13.5. The Labute approximate surface area is 159 Å². The number of halogens is 3. The number of fused-ring (bicyclic) bond motifs is 6. The van der Waals surface area contributed by atoms with Gasteiger partial charge in [0, 0.05) is 6.20 Å². The molecule has 5 heterocycles. The van der Waals surface area contributed by atoms with Crippen LogP contribution in [0.2, 0.25) is 0 Å². The van der Waals surface area contributed by atoms with Crippen molar-refractivity contribution in [1.29, 1.82) is 0 Å². The van der Waals surface area contributed by atoms with Crippen molar-refractivity contribution in [3.8, 4) is 0 Å². The molecular weight excluding hydrogens is 367 g/mol. The van der Waals surface area contributed by atoms with Crippen LogP contribution < -0.4 is 0 Å². The van der Waals surface area contributed by atoms with Crippen molar-refractivity contribution in [3.05, 3.63) is 65.7 Å². The highest BCUT2D eigenvalue weighted by atomic mass is 19.4. The zero-order chi connectivity index (χ0) is 19.5. The van der Waals surface area contributed by atoms with E-state index in [1.807, 2.05) is 43.5 Å². The molecule has 0 amide bonds. The van der Waals surface area contributed by atoms with E-state index in [9.17, 15) is 13.2 Å². The van der Waals surface area contributed by atoms with Crippen LogP contribution in [0.1, 0.15) is 38.3 Å². The Kier molecular flexibility index (Phi) is 2.67. The minimum Gasteiger partial charge on any atom is -0.335 e. The second-order valence-electron chi connectivity index (χ2n) is 7.75. The van der Waals surface area contributed by atoms with Gasteiger partial charge in [-0.2, -0.15) is 13.2 Å². The van der Waals surface area contributed by atoms with Gasteiger partial charge in [-0.3, -0.25) is 0 Å². The molecule has 28 heavy (non-hydrogen) atoms. The minimum absolute atomic E-state index is 0.0105. The molecule has 4 aliphatic heterocycles. The van der Waals surface area contributed by atoms with E-state index in [0.29, 0.717) is 17.9 Å². The van der Waals surface area contributed by atoms with Crippen LogP contribution in [0.4, 0.5) is 13.2 Å². The predicted molar refractivity (Wildman–Crippen MR) is 96.2 cm³/mol. The first-order chi connectivity index (χ1) is 13.4. The molecule has 5 nitrogen and oxygen atoms in total. The van der Waals surface area contributed by atoms with Gasteiger partial charge in [-0.1, -0.05) is 26.0 Å². The van der Waals surface area contributed by atoms with Crippen LogP contribution >= 0.6 is 0 Å². The summed E-state index contributed by atoms with van der Waals surface area (Å²) in [5.41, 5.74) is 1.83. The highest BCUT2D eigenvalue weighted by molar-refractivity contribution is 5.74. The topological polar surface area (TPSA) is 37.2 Å². The number of nitrogens with zero attached hydrogens (tertiary/aromatic N) is 5. The predicted octanol–water partition coefficient (Wildman–Crippen LogP) is 3.77. The molecule has 0 bridgehead atoms. The van der Waals surface area contributed by atoms with Crippen molar-refractivity contribution in [2.45, 2.75) is 50.0 Å². The van der Waals surface area contributed by atoms with Crippen LogP contribution in [0.25, 0.3) is 5.70 Å². The third kappa shape index (κ3) is 1.44. The molecule has 2 unspecified atom stereocenters. The lowest BCUT2D eigenvalue weighted by Crippen LogP contribution is -2.46. The number of alkyl halides is 3. The van der Waals surface area contributed by atoms with Gasteiger partial charge < -0.3 is 9.80 Å². The Balaban J connectivity index is 1.71. The van der Waals surface area contributed by atoms with Crippen LogP contribution in [0.5, 0.6) is 0 Å². The second kappa shape index (κ2) is 4.61. The molecule has 5 aliphatic rings. The molecule has 1 aromatic rings. The highest BCUT2D eigenvalue weighted by Crippen LogP contribution is 2.71. The number of hydrogen-bond acceptors (Lipinski definition) is 4. The molecule has 6 rings (SSSR count). The first-order valence-electron chi connectivity index (χ1n) is 9.53. The first kappa shape index (κ1) is 16.2. The average Bonchev–Trinajstić information content (AvgIpc) is 3.06. The number of hydrogen-bond donors (Lipinski definition) is 0. The summed E-state index contributed by atoms with van der Waals surface area (Å²) in [6, 6.07) is 0.0105. The van der Waals surface area contributed by atoms with Gasteiger partial charge in [-0.25, -0.2) is 9.67 Å². The largest absolute Gasteiger partial charge is 0.453 e. The fourth-order valence-electron chi connectivity index (χ4n) is 6.00. The minimum atomic E-state index is -4.57. The summed E-state index contributed by atoms with van der Waals surface area (Å²) >= 11 is 0. The van der Waals surface area contributed by atoms with Gasteiger partial charge in [0.1, 0.15) is 5.54 Å². The molecule has 3 atom stereocenters. The molecule has 1 aliphatic carbocycles. The maximum Gasteiger partial charge on any atom is 0.453 e. The molecule has 1 aromatic heterocycles. The van der Waals surface area contributed by atoms with Crippen LogP contribution in [-0.4, -0.2) is 36.1 Å². The van der Waals surface area contributed by atoms with Crippen molar-refractivity contribution >= 4 is 5.70 Å². The van der Waals surface area contributed by atoms with E-state index in [1.54, 1.807) is 4.68 Å². The summed E-state index contributed by atoms with van der Waals surface area (Å²) in [7, 11) is 0.